The molecule has 4 heteroatoms. The fraction of sp³-hybridized carbons (Fsp3) is 0.600. The summed E-state index contributed by atoms with van der Waals surface area (Å²) in [4.78, 5) is 18.6. The minimum absolute atomic E-state index is 0.0390. The lowest BCUT2D eigenvalue weighted by molar-refractivity contribution is 0.0724. The SMILES string of the molecule is CCNc1cc(C)ncc1C(=O)N(C)C(CC)CC. The highest BCUT2D eigenvalue weighted by atomic mass is 16.2. The van der Waals surface area contributed by atoms with Gasteiger partial charge in [0.1, 0.15) is 0 Å². The first-order chi connectivity index (χ1) is 9.04. The molecule has 1 heterocycles. The number of carbonyl (C=O) groups is 1. The van der Waals surface area contributed by atoms with E-state index in [9.17, 15) is 4.79 Å². The maximum absolute atomic E-state index is 12.6. The van der Waals surface area contributed by atoms with E-state index in [2.05, 4.69) is 24.1 Å². The molecule has 0 unspecified atom stereocenters. The van der Waals surface area contributed by atoms with Crippen molar-refractivity contribution in [2.45, 2.75) is 46.6 Å². The third kappa shape index (κ3) is 3.69. The largest absolute Gasteiger partial charge is 0.385 e. The molecule has 0 aliphatic rings. The number of nitrogens with zero attached hydrogens (tertiary/aromatic N) is 2. The Morgan fingerprint density at radius 3 is 2.53 bits per heavy atom. The van der Waals surface area contributed by atoms with Gasteiger partial charge in [0.2, 0.25) is 0 Å². The Balaban J connectivity index is 3.04. The average molecular weight is 263 g/mol. The average Bonchev–Trinajstić information content (AvgIpc) is 2.40. The van der Waals surface area contributed by atoms with Crippen molar-refractivity contribution in [2.24, 2.45) is 0 Å². The normalized spacial score (nSPS) is 10.6. The van der Waals surface area contributed by atoms with Crippen LogP contribution in [0.4, 0.5) is 5.69 Å². The van der Waals surface area contributed by atoms with Crippen molar-refractivity contribution in [1.29, 1.82) is 0 Å². The highest BCUT2D eigenvalue weighted by Gasteiger charge is 2.21. The summed E-state index contributed by atoms with van der Waals surface area (Å²) in [5.74, 6) is 0.0390. The second-order valence-electron chi connectivity index (χ2n) is 4.79. The van der Waals surface area contributed by atoms with Crippen LogP contribution in [-0.2, 0) is 0 Å². The molecular weight excluding hydrogens is 238 g/mol. The zero-order valence-electron chi connectivity index (χ0n) is 12.7. The third-order valence-corrected chi connectivity index (χ3v) is 3.45. The summed E-state index contributed by atoms with van der Waals surface area (Å²) in [6.07, 6.45) is 3.61. The molecule has 1 amide bonds. The lowest BCUT2D eigenvalue weighted by Crippen LogP contribution is -2.36. The number of aryl methyl sites for hydroxylation is 1. The Kier molecular flexibility index (Phi) is 5.80. The number of pyridine rings is 1. The first-order valence-electron chi connectivity index (χ1n) is 7.02. The molecule has 0 saturated carbocycles. The van der Waals surface area contributed by atoms with Crippen LogP contribution in [0.5, 0.6) is 0 Å². The van der Waals surface area contributed by atoms with E-state index < -0.39 is 0 Å². The molecule has 4 nitrogen and oxygen atoms in total. The molecule has 0 spiro atoms. The minimum atomic E-state index is 0.0390. The van der Waals surface area contributed by atoms with Gasteiger partial charge in [-0.3, -0.25) is 9.78 Å². The molecule has 0 aliphatic heterocycles. The molecule has 1 N–H and O–H groups in total. The molecule has 0 aromatic carbocycles. The Morgan fingerprint density at radius 1 is 1.37 bits per heavy atom. The van der Waals surface area contributed by atoms with Crippen LogP contribution in [-0.4, -0.2) is 35.4 Å². The zero-order chi connectivity index (χ0) is 14.4. The summed E-state index contributed by atoms with van der Waals surface area (Å²) in [6.45, 7) is 8.96. The van der Waals surface area contributed by atoms with Gasteiger partial charge in [-0.05, 0) is 32.8 Å². The summed E-state index contributed by atoms with van der Waals surface area (Å²) in [5.41, 5.74) is 2.44. The standard InChI is InChI=1S/C15H25N3O/c1-6-12(7-2)18(5)15(19)13-10-17-11(4)9-14(13)16-8-3/h9-10,12H,6-8H2,1-5H3,(H,16,17). The quantitative estimate of drug-likeness (QED) is 0.858. The number of hydrogen-bond acceptors (Lipinski definition) is 3. The van der Waals surface area contributed by atoms with Crippen molar-refractivity contribution in [3.63, 3.8) is 0 Å². The molecule has 0 bridgehead atoms. The van der Waals surface area contributed by atoms with Gasteiger partial charge in [0.15, 0.2) is 0 Å². The molecule has 106 valence electrons. The van der Waals surface area contributed by atoms with Crippen LogP contribution in [0.2, 0.25) is 0 Å². The highest BCUT2D eigenvalue weighted by molar-refractivity contribution is 5.99. The van der Waals surface area contributed by atoms with Gasteiger partial charge in [-0.15, -0.1) is 0 Å². The number of carbonyl (C=O) groups excluding carboxylic acids is 1. The number of rotatable bonds is 6. The monoisotopic (exact) mass is 263 g/mol. The summed E-state index contributed by atoms with van der Waals surface area (Å²) >= 11 is 0. The number of hydrogen-bond donors (Lipinski definition) is 1. The number of amides is 1. The minimum Gasteiger partial charge on any atom is -0.385 e. The number of aromatic nitrogens is 1. The van der Waals surface area contributed by atoms with E-state index in [-0.39, 0.29) is 11.9 Å². The molecule has 0 radical (unpaired) electrons. The van der Waals surface area contributed by atoms with Crippen molar-refractivity contribution in [3.8, 4) is 0 Å². The Bertz CT molecular complexity index is 427. The Labute approximate surface area is 116 Å². The molecule has 0 saturated heterocycles. The Hall–Kier alpha value is -1.58. The van der Waals surface area contributed by atoms with Gasteiger partial charge in [0.05, 0.1) is 11.3 Å². The summed E-state index contributed by atoms with van der Waals surface area (Å²) in [7, 11) is 1.87. The summed E-state index contributed by atoms with van der Waals surface area (Å²) in [5, 5.41) is 3.24. The predicted octanol–water partition coefficient (Wildman–Crippen LogP) is 3.08. The lowest BCUT2D eigenvalue weighted by Gasteiger charge is -2.27. The van der Waals surface area contributed by atoms with Gasteiger partial charge in [0.25, 0.3) is 5.91 Å². The molecule has 1 aromatic heterocycles. The fourth-order valence-corrected chi connectivity index (χ4v) is 2.26. The van der Waals surface area contributed by atoms with Crippen LogP contribution in [0.25, 0.3) is 0 Å². The molecule has 1 rings (SSSR count). The van der Waals surface area contributed by atoms with Crippen molar-refractivity contribution in [1.82, 2.24) is 9.88 Å². The molecule has 0 aliphatic carbocycles. The first kappa shape index (κ1) is 15.5. The molecule has 0 fully saturated rings. The van der Waals surface area contributed by atoms with Crippen LogP contribution in [0.1, 0.15) is 49.7 Å². The first-order valence-corrected chi connectivity index (χ1v) is 7.02. The third-order valence-electron chi connectivity index (χ3n) is 3.45. The maximum atomic E-state index is 12.6. The molecule has 19 heavy (non-hydrogen) atoms. The second kappa shape index (κ2) is 7.12. The van der Waals surface area contributed by atoms with E-state index in [0.29, 0.717) is 5.56 Å². The van der Waals surface area contributed by atoms with E-state index >= 15 is 0 Å². The van der Waals surface area contributed by atoms with Crippen LogP contribution in [0, 0.1) is 6.92 Å². The van der Waals surface area contributed by atoms with Crippen LogP contribution in [0.15, 0.2) is 12.3 Å². The van der Waals surface area contributed by atoms with Gasteiger partial charge < -0.3 is 10.2 Å². The van der Waals surface area contributed by atoms with Crippen molar-refractivity contribution >= 4 is 11.6 Å². The van der Waals surface area contributed by atoms with Gasteiger partial charge in [-0.25, -0.2) is 0 Å². The van der Waals surface area contributed by atoms with Crippen molar-refractivity contribution < 1.29 is 4.79 Å². The van der Waals surface area contributed by atoms with Crippen molar-refractivity contribution in [3.05, 3.63) is 23.5 Å². The van der Waals surface area contributed by atoms with Gasteiger partial charge in [0, 0.05) is 31.5 Å². The van der Waals surface area contributed by atoms with E-state index in [0.717, 1.165) is 30.8 Å². The molecule has 1 aromatic rings. The summed E-state index contributed by atoms with van der Waals surface area (Å²) < 4.78 is 0. The topological polar surface area (TPSA) is 45.2 Å². The highest BCUT2D eigenvalue weighted by Crippen LogP contribution is 2.19. The van der Waals surface area contributed by atoms with Crippen LogP contribution < -0.4 is 5.32 Å². The predicted molar refractivity (Wildman–Crippen MR) is 79.6 cm³/mol. The van der Waals surface area contributed by atoms with Gasteiger partial charge in [-0.1, -0.05) is 13.8 Å². The van der Waals surface area contributed by atoms with Crippen LogP contribution in [0.3, 0.4) is 0 Å². The zero-order valence-corrected chi connectivity index (χ0v) is 12.7. The molecular formula is C15H25N3O. The van der Waals surface area contributed by atoms with Crippen LogP contribution >= 0.6 is 0 Å². The second-order valence-corrected chi connectivity index (χ2v) is 4.79. The van der Waals surface area contributed by atoms with Crippen molar-refractivity contribution in [2.75, 3.05) is 18.9 Å². The van der Waals surface area contributed by atoms with E-state index in [1.807, 2.05) is 31.9 Å². The van der Waals surface area contributed by atoms with Gasteiger partial charge in [-0.2, -0.15) is 0 Å². The van der Waals surface area contributed by atoms with E-state index in [4.69, 9.17) is 0 Å². The summed E-state index contributed by atoms with van der Waals surface area (Å²) in [6, 6.07) is 2.21. The smallest absolute Gasteiger partial charge is 0.257 e. The van der Waals surface area contributed by atoms with E-state index in [1.54, 1.807) is 6.20 Å². The lowest BCUT2D eigenvalue weighted by atomic mass is 10.1. The Morgan fingerprint density at radius 2 is 2.00 bits per heavy atom. The number of anilines is 1. The maximum Gasteiger partial charge on any atom is 0.257 e. The molecule has 0 atom stereocenters. The van der Waals surface area contributed by atoms with Gasteiger partial charge >= 0.3 is 0 Å². The fourth-order valence-electron chi connectivity index (χ4n) is 2.26. The number of nitrogens with one attached hydrogen (secondary N) is 1. The van der Waals surface area contributed by atoms with E-state index in [1.165, 1.54) is 0 Å².